The summed E-state index contributed by atoms with van der Waals surface area (Å²) in [6.45, 7) is 1.83. The molecule has 2 amide bonds. The maximum atomic E-state index is 13.2. The molecule has 0 aliphatic heterocycles. The monoisotopic (exact) mass is 427 g/mol. The number of carbonyl (C=O) groups excluding carboxylic acids is 1. The van der Waals surface area contributed by atoms with Gasteiger partial charge in [0.2, 0.25) is 0 Å². The van der Waals surface area contributed by atoms with Crippen LogP contribution in [0.15, 0.2) is 84.9 Å². The molecule has 3 N–H and O–H groups in total. The SMILES string of the molecule is COc1ccc(C(NC(=O)NC(c2ccccc2)c2n[nH]c(C)n2)c2ccccc2)cc1. The van der Waals surface area contributed by atoms with E-state index in [-0.39, 0.29) is 12.1 Å². The summed E-state index contributed by atoms with van der Waals surface area (Å²) in [5, 5.41) is 13.3. The topological polar surface area (TPSA) is 91.9 Å². The number of aromatic amines is 1. The number of aryl methyl sites for hydroxylation is 1. The van der Waals surface area contributed by atoms with Crippen LogP contribution in [0.3, 0.4) is 0 Å². The summed E-state index contributed by atoms with van der Waals surface area (Å²) in [5.74, 6) is 1.95. The number of nitrogens with one attached hydrogen (secondary N) is 3. The molecular formula is C25H25N5O2. The van der Waals surface area contributed by atoms with E-state index < -0.39 is 6.04 Å². The van der Waals surface area contributed by atoms with Crippen molar-refractivity contribution in [1.29, 1.82) is 0 Å². The van der Waals surface area contributed by atoms with Gasteiger partial charge < -0.3 is 15.4 Å². The summed E-state index contributed by atoms with van der Waals surface area (Å²) in [7, 11) is 1.63. The normalized spacial score (nSPS) is 12.6. The van der Waals surface area contributed by atoms with E-state index >= 15 is 0 Å². The first-order chi connectivity index (χ1) is 15.6. The number of methoxy groups -OCH3 is 1. The van der Waals surface area contributed by atoms with Crippen LogP contribution in [0.25, 0.3) is 0 Å². The van der Waals surface area contributed by atoms with Gasteiger partial charge in [0.1, 0.15) is 17.6 Å². The van der Waals surface area contributed by atoms with Crippen molar-refractivity contribution in [1.82, 2.24) is 25.8 Å². The van der Waals surface area contributed by atoms with Gasteiger partial charge in [-0.25, -0.2) is 9.78 Å². The predicted octanol–water partition coefficient (Wildman–Crippen LogP) is 4.30. The third-order valence-corrected chi connectivity index (χ3v) is 5.14. The molecule has 1 aromatic heterocycles. The molecule has 1 heterocycles. The molecule has 4 rings (SSSR count). The molecule has 0 fully saturated rings. The Morgan fingerprint density at radius 1 is 0.812 bits per heavy atom. The number of urea groups is 1. The van der Waals surface area contributed by atoms with E-state index in [0.29, 0.717) is 11.6 Å². The van der Waals surface area contributed by atoms with E-state index in [1.807, 2.05) is 91.9 Å². The van der Waals surface area contributed by atoms with Gasteiger partial charge in [-0.15, -0.1) is 0 Å². The second kappa shape index (κ2) is 9.78. The third kappa shape index (κ3) is 4.95. The molecule has 2 unspecified atom stereocenters. The van der Waals surface area contributed by atoms with Gasteiger partial charge in [-0.1, -0.05) is 72.8 Å². The predicted molar refractivity (Wildman–Crippen MR) is 122 cm³/mol. The Balaban J connectivity index is 1.60. The molecule has 162 valence electrons. The molecule has 7 heteroatoms. The van der Waals surface area contributed by atoms with Crippen LogP contribution >= 0.6 is 0 Å². The number of aromatic nitrogens is 3. The third-order valence-electron chi connectivity index (χ3n) is 5.14. The fraction of sp³-hybridized carbons (Fsp3) is 0.160. The molecule has 0 aliphatic rings. The Kier molecular flexibility index (Phi) is 6.46. The fourth-order valence-electron chi connectivity index (χ4n) is 3.54. The minimum atomic E-state index is -0.492. The van der Waals surface area contributed by atoms with E-state index in [1.54, 1.807) is 7.11 Å². The number of benzene rings is 3. The van der Waals surface area contributed by atoms with Crippen LogP contribution in [0.2, 0.25) is 0 Å². The van der Waals surface area contributed by atoms with Gasteiger partial charge in [0.15, 0.2) is 5.82 Å². The number of nitrogens with zero attached hydrogens (tertiary/aromatic N) is 2. The van der Waals surface area contributed by atoms with Crippen molar-refractivity contribution in [2.45, 2.75) is 19.0 Å². The summed E-state index contributed by atoms with van der Waals surface area (Å²) < 4.78 is 5.27. The molecule has 4 aromatic rings. The molecule has 7 nitrogen and oxygen atoms in total. The quantitative estimate of drug-likeness (QED) is 0.410. The average Bonchev–Trinajstić information content (AvgIpc) is 3.28. The van der Waals surface area contributed by atoms with E-state index in [2.05, 4.69) is 25.8 Å². The van der Waals surface area contributed by atoms with Crippen LogP contribution in [0.5, 0.6) is 5.75 Å². The second-order valence-corrected chi connectivity index (χ2v) is 7.36. The molecule has 0 aliphatic carbocycles. The lowest BCUT2D eigenvalue weighted by Gasteiger charge is -2.23. The summed E-state index contributed by atoms with van der Waals surface area (Å²) >= 11 is 0. The highest BCUT2D eigenvalue weighted by Crippen LogP contribution is 2.25. The van der Waals surface area contributed by atoms with Gasteiger partial charge in [-0.05, 0) is 35.7 Å². The van der Waals surface area contributed by atoms with Gasteiger partial charge in [-0.3, -0.25) is 5.10 Å². The minimum Gasteiger partial charge on any atom is -0.497 e. The number of hydrogen-bond acceptors (Lipinski definition) is 4. The van der Waals surface area contributed by atoms with Crippen LogP contribution in [0.1, 0.15) is 40.4 Å². The van der Waals surface area contributed by atoms with E-state index in [0.717, 1.165) is 22.4 Å². The molecule has 0 spiro atoms. The van der Waals surface area contributed by atoms with Gasteiger partial charge >= 0.3 is 6.03 Å². The molecule has 0 bridgehead atoms. The Labute approximate surface area is 186 Å². The van der Waals surface area contributed by atoms with E-state index in [1.165, 1.54) is 0 Å². The number of ether oxygens (including phenoxy) is 1. The lowest BCUT2D eigenvalue weighted by molar-refractivity contribution is 0.236. The molecule has 0 saturated carbocycles. The van der Waals surface area contributed by atoms with Gasteiger partial charge in [0, 0.05) is 0 Å². The first-order valence-corrected chi connectivity index (χ1v) is 10.3. The van der Waals surface area contributed by atoms with Crippen molar-refractivity contribution in [3.8, 4) is 5.75 Å². The summed E-state index contributed by atoms with van der Waals surface area (Å²) in [6.07, 6.45) is 0. The maximum absolute atomic E-state index is 13.2. The zero-order valence-corrected chi connectivity index (χ0v) is 17.9. The van der Waals surface area contributed by atoms with Crippen molar-refractivity contribution in [2.24, 2.45) is 0 Å². The molecular weight excluding hydrogens is 402 g/mol. The fourth-order valence-corrected chi connectivity index (χ4v) is 3.54. The second-order valence-electron chi connectivity index (χ2n) is 7.36. The van der Waals surface area contributed by atoms with E-state index in [9.17, 15) is 4.79 Å². The highest BCUT2D eigenvalue weighted by atomic mass is 16.5. The van der Waals surface area contributed by atoms with Gasteiger partial charge in [0.05, 0.1) is 13.2 Å². The lowest BCUT2D eigenvalue weighted by Crippen LogP contribution is -2.41. The molecule has 32 heavy (non-hydrogen) atoms. The highest BCUT2D eigenvalue weighted by Gasteiger charge is 2.23. The Hall–Kier alpha value is -4.13. The Bertz CT molecular complexity index is 1140. The number of rotatable bonds is 7. The van der Waals surface area contributed by atoms with Crippen molar-refractivity contribution >= 4 is 6.03 Å². The van der Waals surface area contributed by atoms with Crippen LogP contribution in [0.4, 0.5) is 4.79 Å². The highest BCUT2D eigenvalue weighted by molar-refractivity contribution is 5.76. The van der Waals surface area contributed by atoms with Crippen molar-refractivity contribution in [3.63, 3.8) is 0 Å². The van der Waals surface area contributed by atoms with Crippen LogP contribution in [0, 0.1) is 6.92 Å². The zero-order valence-electron chi connectivity index (χ0n) is 17.9. The van der Waals surface area contributed by atoms with Crippen molar-refractivity contribution in [3.05, 3.63) is 113 Å². The smallest absolute Gasteiger partial charge is 0.316 e. The lowest BCUT2D eigenvalue weighted by atomic mass is 9.98. The Morgan fingerprint density at radius 2 is 1.34 bits per heavy atom. The number of H-pyrrole nitrogens is 1. The molecule has 0 saturated heterocycles. The van der Waals surface area contributed by atoms with Gasteiger partial charge in [0.25, 0.3) is 0 Å². The average molecular weight is 428 g/mol. The van der Waals surface area contributed by atoms with Crippen molar-refractivity contribution < 1.29 is 9.53 Å². The summed E-state index contributed by atoms with van der Waals surface area (Å²) in [5.41, 5.74) is 2.80. The maximum Gasteiger partial charge on any atom is 0.316 e. The van der Waals surface area contributed by atoms with E-state index in [4.69, 9.17) is 4.74 Å². The summed E-state index contributed by atoms with van der Waals surface area (Å²) in [4.78, 5) is 17.6. The zero-order chi connectivity index (χ0) is 22.3. The molecule has 3 aromatic carbocycles. The number of carbonyl (C=O) groups is 1. The van der Waals surface area contributed by atoms with Crippen molar-refractivity contribution in [2.75, 3.05) is 7.11 Å². The van der Waals surface area contributed by atoms with Crippen LogP contribution in [-0.4, -0.2) is 28.3 Å². The Morgan fingerprint density at radius 3 is 1.88 bits per heavy atom. The first-order valence-electron chi connectivity index (χ1n) is 10.3. The number of hydrogen-bond donors (Lipinski definition) is 3. The first kappa shape index (κ1) is 21.1. The minimum absolute atomic E-state index is 0.328. The van der Waals surface area contributed by atoms with Crippen LogP contribution in [-0.2, 0) is 0 Å². The molecule has 0 radical (unpaired) electrons. The number of amides is 2. The summed E-state index contributed by atoms with van der Waals surface area (Å²) in [6, 6.07) is 26.0. The van der Waals surface area contributed by atoms with Gasteiger partial charge in [-0.2, -0.15) is 5.10 Å². The molecule has 2 atom stereocenters. The van der Waals surface area contributed by atoms with Crippen LogP contribution < -0.4 is 15.4 Å². The largest absolute Gasteiger partial charge is 0.497 e. The standard InChI is InChI=1S/C25H25N5O2/c1-17-26-24(30-29-17)23(19-11-7-4-8-12-19)28-25(31)27-22(18-9-5-3-6-10-18)20-13-15-21(32-2)16-14-20/h3-16,22-23H,1-2H3,(H,26,29,30)(H2,27,28,31).